The van der Waals surface area contributed by atoms with Crippen molar-refractivity contribution in [2.24, 2.45) is 0 Å². The molecule has 0 radical (unpaired) electrons. The molecule has 0 aromatic heterocycles. The summed E-state index contributed by atoms with van der Waals surface area (Å²) in [6, 6.07) is -1.19. The van der Waals surface area contributed by atoms with Crippen LogP contribution in [0.15, 0.2) is 36.5 Å². The Morgan fingerprint density at radius 3 is 1.46 bits per heavy atom. The number of aliphatic hydroxyl groups excluding tert-OH is 7. The summed E-state index contributed by atoms with van der Waals surface area (Å²) in [6.07, 6.45) is 34.7. The largest absolute Gasteiger partial charge is 0.394 e. The molecule has 0 aromatic carbocycles. The van der Waals surface area contributed by atoms with Crippen molar-refractivity contribution in [2.45, 2.75) is 262 Å². The van der Waals surface area contributed by atoms with E-state index in [0.717, 1.165) is 51.4 Å². The lowest BCUT2D eigenvalue weighted by atomic mass is 9.98. The van der Waals surface area contributed by atoms with Crippen molar-refractivity contribution in [1.82, 2.24) is 5.32 Å². The van der Waals surface area contributed by atoms with Gasteiger partial charge in [0.25, 0.3) is 0 Å². The van der Waals surface area contributed by atoms with E-state index in [0.29, 0.717) is 19.3 Å². The molecule has 0 saturated carbocycles. The number of carbonyl (C=O) groups is 1. The first kappa shape index (κ1) is 57.3. The van der Waals surface area contributed by atoms with Gasteiger partial charge in [-0.1, -0.05) is 166 Å². The quantitative estimate of drug-likeness (QED) is 0.0218. The Morgan fingerprint density at radius 1 is 0.557 bits per heavy atom. The van der Waals surface area contributed by atoms with Crippen LogP contribution in [0.1, 0.15) is 206 Å². The molecule has 61 heavy (non-hydrogen) atoms. The Labute approximate surface area is 371 Å². The van der Waals surface area contributed by atoms with Crippen LogP contribution in [-0.2, 0) is 14.3 Å². The van der Waals surface area contributed by atoms with Crippen molar-refractivity contribution in [1.29, 1.82) is 0 Å². The standard InChI is InChI=1S/C50H93NO10/c1-3-5-7-9-11-13-15-17-19-21-23-25-27-29-31-33-35-37-42(53)45(55)41(40-60-50-48(58)47(57)46(56)44(39-52)61-50)51-49(59)43(54)38-36-34-32-30-28-26-24-22-20-18-16-14-12-10-8-6-4-2/h21,23-24,26,29,31,41-48,50,52-58H,3-20,22,25,27-28,30,32-40H2,1-2H3,(H,51,59)/b23-21+,26-24-,31-29+. The molecule has 1 aliphatic rings. The summed E-state index contributed by atoms with van der Waals surface area (Å²) >= 11 is 0. The van der Waals surface area contributed by atoms with Crippen LogP contribution in [0.2, 0.25) is 0 Å². The predicted octanol–water partition coefficient (Wildman–Crippen LogP) is 8.78. The lowest BCUT2D eigenvalue weighted by Crippen LogP contribution is -2.60. The molecule has 8 N–H and O–H groups in total. The number of allylic oxidation sites excluding steroid dienone is 6. The molecule has 1 fully saturated rings. The minimum atomic E-state index is -1.67. The molecule has 0 aliphatic carbocycles. The summed E-state index contributed by atoms with van der Waals surface area (Å²) in [5.41, 5.74) is 0. The highest BCUT2D eigenvalue weighted by molar-refractivity contribution is 5.80. The van der Waals surface area contributed by atoms with E-state index in [4.69, 9.17) is 9.47 Å². The van der Waals surface area contributed by atoms with Crippen molar-refractivity contribution >= 4 is 5.91 Å². The Balaban J connectivity index is 2.46. The lowest BCUT2D eigenvalue weighted by Gasteiger charge is -2.40. The number of carbonyl (C=O) groups excluding carboxylic acids is 1. The van der Waals surface area contributed by atoms with Gasteiger partial charge in [0, 0.05) is 0 Å². The summed E-state index contributed by atoms with van der Waals surface area (Å²) in [4.78, 5) is 13.1. The first-order chi connectivity index (χ1) is 29.7. The molecule has 1 saturated heterocycles. The summed E-state index contributed by atoms with van der Waals surface area (Å²) in [5, 5.41) is 75.7. The molecule has 9 atom stereocenters. The van der Waals surface area contributed by atoms with Crippen molar-refractivity contribution in [2.75, 3.05) is 13.2 Å². The van der Waals surface area contributed by atoms with E-state index >= 15 is 0 Å². The number of unbranched alkanes of at least 4 members (excludes halogenated alkanes) is 23. The second kappa shape index (κ2) is 39.9. The van der Waals surface area contributed by atoms with Gasteiger partial charge in [-0.15, -0.1) is 0 Å². The fraction of sp³-hybridized carbons (Fsp3) is 0.860. The summed E-state index contributed by atoms with van der Waals surface area (Å²) < 4.78 is 11.1. The minimum Gasteiger partial charge on any atom is -0.394 e. The van der Waals surface area contributed by atoms with E-state index in [9.17, 15) is 40.5 Å². The number of amides is 1. The third kappa shape index (κ3) is 29.4. The van der Waals surface area contributed by atoms with Crippen molar-refractivity contribution in [3.63, 3.8) is 0 Å². The SMILES string of the molecule is CCCCCCCCCC/C=C/CC/C=C/CCCC(O)C(O)C(COC1OC(CO)C(O)C(O)C1O)NC(=O)C(O)CCCCCC/C=C\CCCCCCCCCCC. The van der Waals surface area contributed by atoms with E-state index in [1.807, 2.05) is 0 Å². The Morgan fingerprint density at radius 2 is 0.984 bits per heavy atom. The highest BCUT2D eigenvalue weighted by Crippen LogP contribution is 2.23. The summed E-state index contributed by atoms with van der Waals surface area (Å²) in [6.45, 7) is 3.41. The van der Waals surface area contributed by atoms with Gasteiger partial charge < -0.3 is 50.5 Å². The van der Waals surface area contributed by atoms with E-state index < -0.39 is 74.2 Å². The molecule has 11 heteroatoms. The van der Waals surface area contributed by atoms with Crippen molar-refractivity contribution < 1.29 is 50.0 Å². The molecule has 0 bridgehead atoms. The highest BCUT2D eigenvalue weighted by atomic mass is 16.7. The van der Waals surface area contributed by atoms with Crippen LogP contribution >= 0.6 is 0 Å². The van der Waals surface area contributed by atoms with Gasteiger partial charge >= 0.3 is 0 Å². The van der Waals surface area contributed by atoms with Crippen LogP contribution in [-0.4, -0.2) is 110 Å². The smallest absolute Gasteiger partial charge is 0.249 e. The Bertz CT molecular complexity index is 1090. The molecule has 1 heterocycles. The van der Waals surface area contributed by atoms with E-state index in [1.165, 1.54) is 109 Å². The van der Waals surface area contributed by atoms with Crippen LogP contribution in [0, 0.1) is 0 Å². The molecule has 11 nitrogen and oxygen atoms in total. The van der Waals surface area contributed by atoms with Gasteiger partial charge in [0.15, 0.2) is 6.29 Å². The zero-order valence-corrected chi connectivity index (χ0v) is 38.6. The summed E-state index contributed by atoms with van der Waals surface area (Å²) in [5.74, 6) is -0.720. The van der Waals surface area contributed by atoms with Crippen LogP contribution in [0.4, 0.5) is 0 Å². The number of hydrogen-bond donors (Lipinski definition) is 8. The average Bonchev–Trinajstić information content (AvgIpc) is 3.26. The zero-order valence-electron chi connectivity index (χ0n) is 38.6. The molecule has 9 unspecified atom stereocenters. The third-order valence-corrected chi connectivity index (χ3v) is 11.9. The zero-order chi connectivity index (χ0) is 44.8. The second-order valence-electron chi connectivity index (χ2n) is 17.5. The van der Waals surface area contributed by atoms with Gasteiger partial charge in [-0.2, -0.15) is 0 Å². The van der Waals surface area contributed by atoms with Crippen molar-refractivity contribution in [3.05, 3.63) is 36.5 Å². The maximum atomic E-state index is 13.1. The normalized spacial score (nSPS) is 21.8. The van der Waals surface area contributed by atoms with E-state index in [2.05, 4.69) is 55.6 Å². The molecule has 358 valence electrons. The number of hydrogen-bond acceptors (Lipinski definition) is 10. The number of aliphatic hydroxyl groups is 7. The van der Waals surface area contributed by atoms with Gasteiger partial charge in [0.05, 0.1) is 25.4 Å². The molecule has 1 amide bonds. The van der Waals surface area contributed by atoms with Crippen LogP contribution in [0.5, 0.6) is 0 Å². The van der Waals surface area contributed by atoms with Gasteiger partial charge in [-0.25, -0.2) is 0 Å². The monoisotopic (exact) mass is 868 g/mol. The van der Waals surface area contributed by atoms with Crippen LogP contribution in [0.25, 0.3) is 0 Å². The Hall–Kier alpha value is -1.67. The molecule has 1 aliphatic heterocycles. The van der Waals surface area contributed by atoms with E-state index in [-0.39, 0.29) is 12.8 Å². The average molecular weight is 868 g/mol. The Kier molecular flexibility index (Phi) is 37.5. The maximum absolute atomic E-state index is 13.1. The van der Waals surface area contributed by atoms with Crippen molar-refractivity contribution in [3.8, 4) is 0 Å². The highest BCUT2D eigenvalue weighted by Gasteiger charge is 2.44. The molecule has 1 rings (SSSR count). The number of ether oxygens (including phenoxy) is 2. The van der Waals surface area contributed by atoms with Crippen LogP contribution in [0.3, 0.4) is 0 Å². The van der Waals surface area contributed by atoms with E-state index in [1.54, 1.807) is 0 Å². The van der Waals surface area contributed by atoms with Gasteiger partial charge in [-0.3, -0.25) is 4.79 Å². The first-order valence-corrected chi connectivity index (χ1v) is 24.9. The molecule has 0 aromatic rings. The van der Waals surface area contributed by atoms with Gasteiger partial charge in [-0.05, 0) is 77.0 Å². The maximum Gasteiger partial charge on any atom is 0.249 e. The summed E-state index contributed by atoms with van der Waals surface area (Å²) in [7, 11) is 0. The molecular formula is C50H93NO10. The molecule has 0 spiro atoms. The van der Waals surface area contributed by atoms with Gasteiger partial charge in [0.1, 0.15) is 36.6 Å². The van der Waals surface area contributed by atoms with Crippen LogP contribution < -0.4 is 5.32 Å². The third-order valence-electron chi connectivity index (χ3n) is 11.9. The minimum absolute atomic E-state index is 0.237. The topological polar surface area (TPSA) is 189 Å². The molecular weight excluding hydrogens is 775 g/mol. The fourth-order valence-electron chi connectivity index (χ4n) is 7.74. The first-order valence-electron chi connectivity index (χ1n) is 24.9. The number of rotatable bonds is 41. The second-order valence-corrected chi connectivity index (χ2v) is 17.5. The predicted molar refractivity (Wildman–Crippen MR) is 247 cm³/mol. The number of nitrogens with one attached hydrogen (secondary N) is 1. The van der Waals surface area contributed by atoms with Gasteiger partial charge in [0.2, 0.25) is 5.91 Å². The fourth-order valence-corrected chi connectivity index (χ4v) is 7.74. The lowest BCUT2D eigenvalue weighted by molar-refractivity contribution is -0.303.